The molecule has 6 heteroatoms. The van der Waals surface area contributed by atoms with Gasteiger partial charge >= 0.3 is 0 Å². The molecule has 29 heavy (non-hydrogen) atoms. The van der Waals surface area contributed by atoms with E-state index in [2.05, 4.69) is 29.4 Å². The number of rotatable bonds is 9. The Kier molecular flexibility index (Phi) is 9.35. The summed E-state index contributed by atoms with van der Waals surface area (Å²) in [6.45, 7) is 11.4. The minimum absolute atomic E-state index is 0.506. The molecular formula is C23H40N4O2. The molecular weight excluding hydrogens is 364 g/mol. The molecule has 3 rings (SSSR count). The first-order chi connectivity index (χ1) is 14.2. The lowest BCUT2D eigenvalue weighted by Crippen LogP contribution is -2.44. The fraction of sp³-hybridized carbons (Fsp3) is 0.783. The summed E-state index contributed by atoms with van der Waals surface area (Å²) in [5.74, 6) is 3.11. The molecule has 2 fully saturated rings. The number of nitrogens with one attached hydrogen (secondary N) is 2. The van der Waals surface area contributed by atoms with Crippen molar-refractivity contribution >= 4 is 5.96 Å². The van der Waals surface area contributed by atoms with Gasteiger partial charge in [-0.25, -0.2) is 0 Å². The van der Waals surface area contributed by atoms with Gasteiger partial charge in [-0.3, -0.25) is 9.89 Å². The van der Waals surface area contributed by atoms with Crippen LogP contribution < -0.4 is 10.6 Å². The van der Waals surface area contributed by atoms with Gasteiger partial charge in [-0.2, -0.15) is 0 Å². The zero-order valence-electron chi connectivity index (χ0n) is 18.4. The van der Waals surface area contributed by atoms with E-state index in [9.17, 15) is 0 Å². The fourth-order valence-corrected chi connectivity index (χ4v) is 4.28. The third-order valence-electron chi connectivity index (χ3n) is 6.14. The maximum absolute atomic E-state index is 5.52. The number of hydrogen-bond acceptors (Lipinski definition) is 4. The van der Waals surface area contributed by atoms with Gasteiger partial charge in [0.2, 0.25) is 0 Å². The molecule has 1 aromatic rings. The minimum atomic E-state index is 0.506. The van der Waals surface area contributed by atoms with Crippen molar-refractivity contribution in [3.8, 4) is 0 Å². The Morgan fingerprint density at radius 1 is 1.21 bits per heavy atom. The molecule has 0 saturated carbocycles. The van der Waals surface area contributed by atoms with Crippen molar-refractivity contribution in [2.75, 3.05) is 45.9 Å². The molecule has 3 heterocycles. The van der Waals surface area contributed by atoms with Gasteiger partial charge in [-0.1, -0.05) is 26.7 Å². The van der Waals surface area contributed by atoms with E-state index in [-0.39, 0.29) is 0 Å². The Hall–Kier alpha value is -1.53. The van der Waals surface area contributed by atoms with Crippen molar-refractivity contribution in [1.82, 2.24) is 15.5 Å². The van der Waals surface area contributed by atoms with Crippen LogP contribution in [0, 0.1) is 11.8 Å². The Morgan fingerprint density at radius 2 is 2.03 bits per heavy atom. The Morgan fingerprint density at radius 3 is 2.69 bits per heavy atom. The Balaban J connectivity index is 1.56. The van der Waals surface area contributed by atoms with Crippen LogP contribution in [0.5, 0.6) is 0 Å². The standard InChI is InChI=1S/C23H40N4O2/c1-19(2)22(27-12-5-3-4-6-13-27)17-26-23(25-16-20-10-15-28-18-20)24-11-9-21-8-7-14-29-21/h7-8,14,19-20,22H,3-6,9-13,15-18H2,1-2H3,(H2,24,25,26). The zero-order valence-corrected chi connectivity index (χ0v) is 18.4. The molecule has 6 nitrogen and oxygen atoms in total. The summed E-state index contributed by atoms with van der Waals surface area (Å²) in [5, 5.41) is 7.07. The van der Waals surface area contributed by atoms with E-state index in [0.29, 0.717) is 17.9 Å². The lowest BCUT2D eigenvalue weighted by Gasteiger charge is -2.32. The molecule has 1 aromatic heterocycles. The number of aliphatic imine (C=N–C) groups is 1. The van der Waals surface area contributed by atoms with Gasteiger partial charge in [0.25, 0.3) is 0 Å². The van der Waals surface area contributed by atoms with Gasteiger partial charge in [0, 0.05) is 38.1 Å². The van der Waals surface area contributed by atoms with Crippen LogP contribution in [-0.2, 0) is 11.2 Å². The zero-order chi connectivity index (χ0) is 20.3. The molecule has 0 bridgehead atoms. The number of furan rings is 1. The van der Waals surface area contributed by atoms with Gasteiger partial charge < -0.3 is 19.8 Å². The van der Waals surface area contributed by atoms with Crippen LogP contribution in [0.25, 0.3) is 0 Å². The summed E-state index contributed by atoms with van der Waals surface area (Å²) in [4.78, 5) is 7.69. The first-order valence-electron chi connectivity index (χ1n) is 11.6. The number of nitrogens with zero attached hydrogens (tertiary/aromatic N) is 2. The Labute approximate surface area is 176 Å². The maximum atomic E-state index is 5.52. The maximum Gasteiger partial charge on any atom is 0.191 e. The summed E-state index contributed by atoms with van der Waals surface area (Å²) < 4.78 is 11.0. The van der Waals surface area contributed by atoms with Crippen molar-refractivity contribution in [1.29, 1.82) is 0 Å². The average molecular weight is 405 g/mol. The molecule has 0 aromatic carbocycles. The quantitative estimate of drug-likeness (QED) is 0.488. The highest BCUT2D eigenvalue weighted by atomic mass is 16.5. The summed E-state index contributed by atoms with van der Waals surface area (Å²) in [7, 11) is 0. The number of hydrogen-bond donors (Lipinski definition) is 2. The second-order valence-electron chi connectivity index (χ2n) is 8.82. The highest BCUT2D eigenvalue weighted by Crippen LogP contribution is 2.18. The topological polar surface area (TPSA) is 62.0 Å². The molecule has 164 valence electrons. The third-order valence-corrected chi connectivity index (χ3v) is 6.14. The summed E-state index contributed by atoms with van der Waals surface area (Å²) in [6.07, 6.45) is 9.11. The van der Waals surface area contributed by atoms with Crippen molar-refractivity contribution in [3.05, 3.63) is 24.2 Å². The SMILES string of the molecule is CC(C)C(CN=C(NCCc1ccco1)NCC1CCOC1)N1CCCCCC1. The van der Waals surface area contributed by atoms with Gasteiger partial charge in [-0.15, -0.1) is 0 Å². The van der Waals surface area contributed by atoms with Crippen LogP contribution in [0.15, 0.2) is 27.8 Å². The van der Waals surface area contributed by atoms with Crippen molar-refractivity contribution < 1.29 is 9.15 Å². The molecule has 0 spiro atoms. The first kappa shape index (κ1) is 22.2. The molecule has 0 aliphatic carbocycles. The van der Waals surface area contributed by atoms with Gasteiger partial charge in [-0.05, 0) is 50.4 Å². The Bertz CT molecular complexity index is 574. The van der Waals surface area contributed by atoms with E-state index in [1.807, 2.05) is 12.1 Å². The van der Waals surface area contributed by atoms with E-state index in [1.54, 1.807) is 6.26 Å². The van der Waals surface area contributed by atoms with E-state index >= 15 is 0 Å². The molecule has 2 unspecified atom stereocenters. The van der Waals surface area contributed by atoms with E-state index < -0.39 is 0 Å². The molecule has 2 aliphatic heterocycles. The predicted molar refractivity (Wildman–Crippen MR) is 118 cm³/mol. The lowest BCUT2D eigenvalue weighted by molar-refractivity contribution is 0.166. The smallest absolute Gasteiger partial charge is 0.191 e. The highest BCUT2D eigenvalue weighted by Gasteiger charge is 2.23. The normalized spacial score (nSPS) is 22.6. The van der Waals surface area contributed by atoms with Gasteiger partial charge in [0.1, 0.15) is 5.76 Å². The fourth-order valence-electron chi connectivity index (χ4n) is 4.28. The minimum Gasteiger partial charge on any atom is -0.469 e. The van der Waals surface area contributed by atoms with E-state index in [0.717, 1.165) is 57.4 Å². The van der Waals surface area contributed by atoms with Gasteiger partial charge in [0.05, 0.1) is 19.4 Å². The first-order valence-corrected chi connectivity index (χ1v) is 11.6. The second-order valence-corrected chi connectivity index (χ2v) is 8.82. The number of guanidine groups is 1. The van der Waals surface area contributed by atoms with Crippen molar-refractivity contribution in [2.45, 2.75) is 58.4 Å². The molecule has 2 atom stereocenters. The summed E-state index contributed by atoms with van der Waals surface area (Å²) in [5.41, 5.74) is 0. The molecule has 2 saturated heterocycles. The largest absolute Gasteiger partial charge is 0.469 e. The van der Waals surface area contributed by atoms with Crippen LogP contribution in [0.2, 0.25) is 0 Å². The second kappa shape index (κ2) is 12.2. The van der Waals surface area contributed by atoms with Crippen molar-refractivity contribution in [2.24, 2.45) is 16.8 Å². The van der Waals surface area contributed by atoms with Crippen LogP contribution in [0.4, 0.5) is 0 Å². The van der Waals surface area contributed by atoms with Crippen LogP contribution in [-0.4, -0.2) is 62.8 Å². The van der Waals surface area contributed by atoms with Crippen LogP contribution in [0.3, 0.4) is 0 Å². The molecule has 0 amide bonds. The lowest BCUT2D eigenvalue weighted by atomic mass is 10.0. The third kappa shape index (κ3) is 7.67. The van der Waals surface area contributed by atoms with Crippen LogP contribution in [0.1, 0.15) is 51.7 Å². The van der Waals surface area contributed by atoms with Crippen LogP contribution >= 0.6 is 0 Å². The number of ether oxygens (including phenoxy) is 1. The average Bonchev–Trinajstić information content (AvgIpc) is 3.36. The highest BCUT2D eigenvalue weighted by molar-refractivity contribution is 5.79. The monoisotopic (exact) mass is 404 g/mol. The molecule has 2 N–H and O–H groups in total. The summed E-state index contributed by atoms with van der Waals surface area (Å²) >= 11 is 0. The van der Waals surface area contributed by atoms with E-state index in [1.165, 1.54) is 38.8 Å². The summed E-state index contributed by atoms with van der Waals surface area (Å²) in [6, 6.07) is 4.47. The van der Waals surface area contributed by atoms with Gasteiger partial charge in [0.15, 0.2) is 5.96 Å². The molecule has 0 radical (unpaired) electrons. The predicted octanol–water partition coefficient (Wildman–Crippen LogP) is 3.29. The number of likely N-dealkylation sites (tertiary alicyclic amines) is 1. The molecule has 2 aliphatic rings. The van der Waals surface area contributed by atoms with Crippen molar-refractivity contribution in [3.63, 3.8) is 0 Å². The van der Waals surface area contributed by atoms with E-state index in [4.69, 9.17) is 14.1 Å².